The molecule has 0 heterocycles. The van der Waals surface area contributed by atoms with Crippen molar-refractivity contribution in [2.45, 2.75) is 26.9 Å². The molecule has 4 nitrogen and oxygen atoms in total. The monoisotopic (exact) mass is 236 g/mol. The minimum absolute atomic E-state index is 0.0280. The van der Waals surface area contributed by atoms with Crippen molar-refractivity contribution in [2.75, 3.05) is 12.8 Å². The van der Waals surface area contributed by atoms with E-state index in [1.165, 1.54) is 0 Å². The zero-order valence-electron chi connectivity index (χ0n) is 10.8. The zero-order valence-corrected chi connectivity index (χ0v) is 10.8. The lowest BCUT2D eigenvalue weighted by Crippen LogP contribution is -2.23. The first-order valence-corrected chi connectivity index (χ1v) is 5.74. The second-order valence-corrected chi connectivity index (χ2v) is 4.40. The summed E-state index contributed by atoms with van der Waals surface area (Å²) >= 11 is 0. The van der Waals surface area contributed by atoms with Crippen LogP contribution in [0.15, 0.2) is 18.2 Å². The zero-order chi connectivity index (χ0) is 13.0. The van der Waals surface area contributed by atoms with Gasteiger partial charge in [-0.3, -0.25) is 4.79 Å². The highest BCUT2D eigenvalue weighted by atomic mass is 16.5. The predicted molar refractivity (Wildman–Crippen MR) is 69.2 cm³/mol. The van der Waals surface area contributed by atoms with Crippen LogP contribution in [0.25, 0.3) is 0 Å². The van der Waals surface area contributed by atoms with E-state index in [-0.39, 0.29) is 12.0 Å². The summed E-state index contributed by atoms with van der Waals surface area (Å²) in [7, 11) is 1.59. The molecule has 1 aromatic carbocycles. The average molecular weight is 236 g/mol. The number of rotatable bonds is 4. The van der Waals surface area contributed by atoms with Gasteiger partial charge in [-0.05, 0) is 25.0 Å². The van der Waals surface area contributed by atoms with E-state index in [0.717, 1.165) is 0 Å². The van der Waals surface area contributed by atoms with Crippen LogP contribution >= 0.6 is 0 Å². The molecule has 0 aromatic heterocycles. The van der Waals surface area contributed by atoms with Crippen LogP contribution < -0.4 is 15.8 Å². The Morgan fingerprint density at radius 3 is 2.53 bits per heavy atom. The number of carbonyl (C=O) groups is 1. The van der Waals surface area contributed by atoms with Crippen LogP contribution in [0.5, 0.6) is 5.75 Å². The molecule has 0 fully saturated rings. The molecule has 0 saturated heterocycles. The van der Waals surface area contributed by atoms with Crippen LogP contribution in [0.2, 0.25) is 0 Å². The molecule has 0 spiro atoms. The number of nitrogens with two attached hydrogens (primary N) is 1. The molecule has 1 rings (SSSR count). The standard InChI is InChI=1S/C13H20N2O2/c1-8(2)9(3)17-12-7-10(14)5-6-11(12)13(16)15-4/h5-9H,14H2,1-4H3,(H,15,16). The molecule has 1 atom stereocenters. The van der Waals surface area contributed by atoms with E-state index < -0.39 is 0 Å². The lowest BCUT2D eigenvalue weighted by atomic mass is 10.1. The third kappa shape index (κ3) is 3.37. The number of anilines is 1. The van der Waals surface area contributed by atoms with Crippen LogP contribution in [0, 0.1) is 5.92 Å². The van der Waals surface area contributed by atoms with E-state index in [4.69, 9.17) is 10.5 Å². The highest BCUT2D eigenvalue weighted by Gasteiger charge is 2.15. The summed E-state index contributed by atoms with van der Waals surface area (Å²) in [6, 6.07) is 5.05. The van der Waals surface area contributed by atoms with E-state index in [9.17, 15) is 4.79 Å². The maximum absolute atomic E-state index is 11.7. The fourth-order valence-electron chi connectivity index (χ4n) is 1.30. The van der Waals surface area contributed by atoms with E-state index in [0.29, 0.717) is 22.9 Å². The lowest BCUT2D eigenvalue weighted by molar-refractivity contribution is 0.0953. The van der Waals surface area contributed by atoms with Gasteiger partial charge >= 0.3 is 0 Å². The minimum atomic E-state index is -0.170. The van der Waals surface area contributed by atoms with E-state index in [1.54, 1.807) is 25.2 Å². The van der Waals surface area contributed by atoms with Gasteiger partial charge in [0.1, 0.15) is 5.75 Å². The largest absolute Gasteiger partial charge is 0.490 e. The maximum atomic E-state index is 11.7. The van der Waals surface area contributed by atoms with Crippen molar-refractivity contribution in [2.24, 2.45) is 5.92 Å². The normalized spacial score (nSPS) is 12.3. The average Bonchev–Trinajstić information content (AvgIpc) is 2.28. The van der Waals surface area contributed by atoms with Gasteiger partial charge in [0.15, 0.2) is 0 Å². The van der Waals surface area contributed by atoms with E-state index in [1.807, 2.05) is 6.92 Å². The Morgan fingerprint density at radius 1 is 1.35 bits per heavy atom. The third-order valence-corrected chi connectivity index (χ3v) is 2.73. The molecule has 0 aliphatic rings. The van der Waals surface area contributed by atoms with Crippen LogP contribution in [0.3, 0.4) is 0 Å². The van der Waals surface area contributed by atoms with Gasteiger partial charge in [0, 0.05) is 18.8 Å². The van der Waals surface area contributed by atoms with Gasteiger partial charge in [0.2, 0.25) is 0 Å². The number of nitrogens with one attached hydrogen (secondary N) is 1. The molecule has 94 valence electrons. The number of nitrogen functional groups attached to an aromatic ring is 1. The van der Waals surface area contributed by atoms with E-state index in [2.05, 4.69) is 19.2 Å². The molecule has 0 bridgehead atoms. The van der Waals surface area contributed by atoms with Crippen molar-refractivity contribution in [1.29, 1.82) is 0 Å². The molecule has 0 saturated carbocycles. The first-order valence-electron chi connectivity index (χ1n) is 5.74. The highest BCUT2D eigenvalue weighted by molar-refractivity contribution is 5.97. The van der Waals surface area contributed by atoms with Crippen LogP contribution in [0.1, 0.15) is 31.1 Å². The van der Waals surface area contributed by atoms with Crippen molar-refractivity contribution in [3.05, 3.63) is 23.8 Å². The van der Waals surface area contributed by atoms with Crippen LogP contribution in [-0.4, -0.2) is 19.1 Å². The Kier molecular flexibility index (Phi) is 4.37. The molecule has 0 aliphatic heterocycles. The summed E-state index contributed by atoms with van der Waals surface area (Å²) < 4.78 is 5.77. The summed E-state index contributed by atoms with van der Waals surface area (Å²) in [5.41, 5.74) is 6.80. The van der Waals surface area contributed by atoms with Crippen LogP contribution in [-0.2, 0) is 0 Å². The topological polar surface area (TPSA) is 64.4 Å². The lowest BCUT2D eigenvalue weighted by Gasteiger charge is -2.20. The second-order valence-electron chi connectivity index (χ2n) is 4.40. The molecule has 1 amide bonds. The number of carbonyl (C=O) groups excluding carboxylic acids is 1. The van der Waals surface area contributed by atoms with Gasteiger partial charge in [-0.25, -0.2) is 0 Å². The first kappa shape index (κ1) is 13.4. The summed E-state index contributed by atoms with van der Waals surface area (Å²) in [5, 5.41) is 2.58. The molecule has 17 heavy (non-hydrogen) atoms. The SMILES string of the molecule is CNC(=O)c1ccc(N)cc1OC(C)C(C)C. The van der Waals surface area contributed by atoms with Gasteiger partial charge in [-0.15, -0.1) is 0 Å². The molecule has 0 radical (unpaired) electrons. The Labute approximate surface area is 102 Å². The van der Waals surface area contributed by atoms with Crippen molar-refractivity contribution in [3.8, 4) is 5.75 Å². The summed E-state index contributed by atoms with van der Waals surface area (Å²) in [6.45, 7) is 6.11. The van der Waals surface area contributed by atoms with Crippen molar-refractivity contribution in [3.63, 3.8) is 0 Å². The molecule has 1 unspecified atom stereocenters. The van der Waals surface area contributed by atoms with Gasteiger partial charge in [-0.2, -0.15) is 0 Å². The summed E-state index contributed by atoms with van der Waals surface area (Å²) in [4.78, 5) is 11.7. The molecular formula is C13H20N2O2. The van der Waals surface area contributed by atoms with Gasteiger partial charge in [0.25, 0.3) is 5.91 Å². The number of amides is 1. The summed E-state index contributed by atoms with van der Waals surface area (Å²) in [5.74, 6) is 0.732. The third-order valence-electron chi connectivity index (χ3n) is 2.73. The quantitative estimate of drug-likeness (QED) is 0.786. The number of hydrogen-bond donors (Lipinski definition) is 2. The van der Waals surface area contributed by atoms with E-state index >= 15 is 0 Å². The summed E-state index contributed by atoms with van der Waals surface area (Å²) in [6.07, 6.45) is 0.0280. The molecule has 4 heteroatoms. The fourth-order valence-corrected chi connectivity index (χ4v) is 1.30. The first-order chi connectivity index (χ1) is 7.95. The molecule has 3 N–H and O–H groups in total. The Bertz CT molecular complexity index is 402. The molecule has 0 aliphatic carbocycles. The van der Waals surface area contributed by atoms with Crippen molar-refractivity contribution >= 4 is 11.6 Å². The van der Waals surface area contributed by atoms with Gasteiger partial charge in [-0.1, -0.05) is 13.8 Å². The number of ether oxygens (including phenoxy) is 1. The van der Waals surface area contributed by atoms with Gasteiger partial charge in [0.05, 0.1) is 11.7 Å². The predicted octanol–water partition coefficient (Wildman–Crippen LogP) is 2.05. The highest BCUT2D eigenvalue weighted by Crippen LogP contribution is 2.24. The van der Waals surface area contributed by atoms with Crippen molar-refractivity contribution in [1.82, 2.24) is 5.32 Å². The molecular weight excluding hydrogens is 216 g/mol. The fraction of sp³-hybridized carbons (Fsp3) is 0.462. The second kappa shape index (κ2) is 5.57. The minimum Gasteiger partial charge on any atom is -0.490 e. The smallest absolute Gasteiger partial charge is 0.254 e. The number of benzene rings is 1. The van der Waals surface area contributed by atoms with Gasteiger partial charge < -0.3 is 15.8 Å². The van der Waals surface area contributed by atoms with Crippen molar-refractivity contribution < 1.29 is 9.53 Å². The number of hydrogen-bond acceptors (Lipinski definition) is 3. The maximum Gasteiger partial charge on any atom is 0.254 e. The Hall–Kier alpha value is -1.71. The Balaban J connectivity index is 3.03. The molecule has 1 aromatic rings. The van der Waals surface area contributed by atoms with Crippen LogP contribution in [0.4, 0.5) is 5.69 Å². The Morgan fingerprint density at radius 2 is 2.00 bits per heavy atom.